The van der Waals surface area contributed by atoms with E-state index < -0.39 is 39.0 Å². The van der Waals surface area contributed by atoms with E-state index >= 15 is 0 Å². The van der Waals surface area contributed by atoms with Crippen LogP contribution in [0.3, 0.4) is 0 Å². The second-order valence-corrected chi connectivity index (χ2v) is 11.8. The summed E-state index contributed by atoms with van der Waals surface area (Å²) in [5.41, 5.74) is 5.07. The highest BCUT2D eigenvalue weighted by Gasteiger charge is 2.34. The lowest BCUT2D eigenvalue weighted by Crippen LogP contribution is -2.48. The molecular weight excluding hydrogens is 534 g/mol. The van der Waals surface area contributed by atoms with Gasteiger partial charge in [0, 0.05) is 19.3 Å². The summed E-state index contributed by atoms with van der Waals surface area (Å²) in [6, 6.07) is 1.50. The molecule has 1 aromatic heterocycles. The van der Waals surface area contributed by atoms with Gasteiger partial charge in [-0.1, -0.05) is 13.8 Å². The van der Waals surface area contributed by atoms with Gasteiger partial charge in [0.1, 0.15) is 17.1 Å². The molecular formula is C25H36F2N6O5S. The lowest BCUT2D eigenvalue weighted by molar-refractivity contribution is 0.0963. The highest BCUT2D eigenvalue weighted by atomic mass is 32.2. The van der Waals surface area contributed by atoms with Crippen molar-refractivity contribution >= 4 is 27.6 Å². The first-order chi connectivity index (χ1) is 18.5. The zero-order valence-electron chi connectivity index (χ0n) is 22.4. The third-order valence-corrected chi connectivity index (χ3v) is 8.26. The third kappa shape index (κ3) is 7.38. The standard InChI is InChI=1S/C25H36F2N6O5S/c1-16(2)14-32(15-34)11-4-12-39(36,37)33(17-7-9-29-10-8-17)25-30-13-18(24(28)31-25)23(35)21-20(38-3)6-5-19(26)22(21)27/h5-6,13,16-17,29,34H,4,7-12,14-15H2,1-3H3,(H2,28,30,31). The summed E-state index contributed by atoms with van der Waals surface area (Å²) >= 11 is 0. The molecule has 2 heterocycles. The predicted molar refractivity (Wildman–Crippen MR) is 143 cm³/mol. The van der Waals surface area contributed by atoms with Crippen molar-refractivity contribution in [2.45, 2.75) is 39.2 Å². The molecule has 1 saturated heterocycles. The van der Waals surface area contributed by atoms with Crippen LogP contribution in [0.4, 0.5) is 20.5 Å². The summed E-state index contributed by atoms with van der Waals surface area (Å²) in [5.74, 6) is -4.35. The van der Waals surface area contributed by atoms with E-state index in [4.69, 9.17) is 10.5 Å². The molecule has 1 fully saturated rings. The number of methoxy groups -OCH3 is 1. The van der Waals surface area contributed by atoms with Crippen LogP contribution in [0.1, 0.15) is 49.0 Å². The van der Waals surface area contributed by atoms with E-state index in [0.717, 1.165) is 22.6 Å². The number of sulfonamides is 1. The number of nitrogen functional groups attached to an aromatic ring is 1. The smallest absolute Gasteiger partial charge is 0.241 e. The molecule has 0 atom stereocenters. The first kappa shape index (κ1) is 30.6. The highest BCUT2D eigenvalue weighted by Crippen LogP contribution is 2.29. The number of anilines is 2. The summed E-state index contributed by atoms with van der Waals surface area (Å²) < 4.78 is 61.7. The molecule has 2 aromatic rings. The molecule has 0 unspecified atom stereocenters. The minimum absolute atomic E-state index is 0.179. The van der Waals surface area contributed by atoms with Gasteiger partial charge in [-0.15, -0.1) is 0 Å². The van der Waals surface area contributed by atoms with Crippen molar-refractivity contribution in [3.63, 3.8) is 0 Å². The lowest BCUT2D eigenvalue weighted by atomic mass is 10.0. The molecule has 0 bridgehead atoms. The van der Waals surface area contributed by atoms with Crippen LogP contribution in [0.15, 0.2) is 18.3 Å². The van der Waals surface area contributed by atoms with Crippen LogP contribution in [-0.4, -0.2) is 86.0 Å². The van der Waals surface area contributed by atoms with Gasteiger partial charge in [-0.3, -0.25) is 9.69 Å². The second kappa shape index (κ2) is 13.4. The minimum Gasteiger partial charge on any atom is -0.496 e. The summed E-state index contributed by atoms with van der Waals surface area (Å²) in [6.07, 6.45) is 2.29. The van der Waals surface area contributed by atoms with E-state index in [1.807, 2.05) is 13.8 Å². The number of aliphatic hydroxyl groups excluding tert-OH is 1. The molecule has 0 amide bonds. The number of ketones is 1. The largest absolute Gasteiger partial charge is 0.496 e. The second-order valence-electron chi connectivity index (χ2n) is 9.80. The minimum atomic E-state index is -3.93. The molecule has 3 rings (SSSR count). The third-order valence-electron chi connectivity index (χ3n) is 6.39. The number of rotatable bonds is 13. The number of carbonyl (C=O) groups excluding carboxylic acids is 1. The Labute approximate surface area is 227 Å². The summed E-state index contributed by atoms with van der Waals surface area (Å²) in [6.45, 7) is 6.02. The van der Waals surface area contributed by atoms with Gasteiger partial charge < -0.3 is 20.9 Å². The van der Waals surface area contributed by atoms with Gasteiger partial charge in [0.2, 0.25) is 21.8 Å². The number of nitrogens with one attached hydrogen (secondary N) is 1. The number of piperidine rings is 1. The molecule has 39 heavy (non-hydrogen) atoms. The predicted octanol–water partition coefficient (Wildman–Crippen LogP) is 1.76. The molecule has 1 aliphatic rings. The molecule has 1 aromatic carbocycles. The van der Waals surface area contributed by atoms with Gasteiger partial charge in [0.25, 0.3) is 0 Å². The number of hydrogen-bond acceptors (Lipinski definition) is 10. The molecule has 0 spiro atoms. The molecule has 4 N–H and O–H groups in total. The van der Waals surface area contributed by atoms with Crippen LogP contribution in [0, 0.1) is 17.6 Å². The Hall–Kier alpha value is -2.94. The molecule has 14 heteroatoms. The van der Waals surface area contributed by atoms with Gasteiger partial charge in [0.15, 0.2) is 11.6 Å². The van der Waals surface area contributed by atoms with E-state index in [9.17, 15) is 27.1 Å². The van der Waals surface area contributed by atoms with Crippen molar-refractivity contribution in [2.24, 2.45) is 5.92 Å². The number of hydrogen-bond donors (Lipinski definition) is 3. The van der Waals surface area contributed by atoms with Crippen molar-refractivity contribution < 1.29 is 31.8 Å². The Morgan fingerprint density at radius 1 is 1.28 bits per heavy atom. The number of benzene rings is 1. The van der Waals surface area contributed by atoms with Gasteiger partial charge in [-0.2, -0.15) is 4.98 Å². The average molecular weight is 571 g/mol. The topological polar surface area (TPSA) is 151 Å². The van der Waals surface area contributed by atoms with E-state index in [1.54, 1.807) is 4.90 Å². The van der Waals surface area contributed by atoms with E-state index in [0.29, 0.717) is 44.9 Å². The SMILES string of the molecule is COc1ccc(F)c(F)c1C(=O)c1cnc(N(C2CCNCC2)S(=O)(=O)CCCN(CO)CC(C)C)nc1N. The van der Waals surface area contributed by atoms with Crippen LogP contribution in [0.5, 0.6) is 5.75 Å². The van der Waals surface area contributed by atoms with Crippen molar-refractivity contribution in [1.29, 1.82) is 0 Å². The fraction of sp³-hybridized carbons (Fsp3) is 0.560. The van der Waals surface area contributed by atoms with E-state index in [2.05, 4.69) is 15.3 Å². The average Bonchev–Trinajstić information content (AvgIpc) is 2.89. The van der Waals surface area contributed by atoms with Crippen LogP contribution in [0.25, 0.3) is 0 Å². The van der Waals surface area contributed by atoms with Gasteiger partial charge in [-0.25, -0.2) is 26.5 Å². The van der Waals surface area contributed by atoms with E-state index in [-0.39, 0.29) is 42.0 Å². The number of nitrogens with two attached hydrogens (primary N) is 1. The van der Waals surface area contributed by atoms with Gasteiger partial charge in [0.05, 0.1) is 31.2 Å². The Balaban J connectivity index is 1.92. The fourth-order valence-corrected chi connectivity index (χ4v) is 6.27. The van der Waals surface area contributed by atoms with E-state index in [1.165, 1.54) is 7.11 Å². The van der Waals surface area contributed by atoms with Crippen LogP contribution in [0.2, 0.25) is 0 Å². The number of aliphatic hydroxyl groups is 1. The molecule has 11 nitrogen and oxygen atoms in total. The number of aromatic nitrogens is 2. The Morgan fingerprint density at radius 3 is 2.56 bits per heavy atom. The van der Waals surface area contributed by atoms with Gasteiger partial charge in [-0.05, 0) is 50.4 Å². The zero-order chi connectivity index (χ0) is 28.7. The van der Waals surface area contributed by atoms with Crippen molar-refractivity contribution in [3.8, 4) is 5.75 Å². The maximum Gasteiger partial charge on any atom is 0.241 e. The van der Waals surface area contributed by atoms with Gasteiger partial charge >= 0.3 is 0 Å². The number of ether oxygens (including phenoxy) is 1. The van der Waals surface area contributed by atoms with Crippen LogP contribution < -0.4 is 20.1 Å². The summed E-state index contributed by atoms with van der Waals surface area (Å²) in [4.78, 5) is 23.1. The molecule has 216 valence electrons. The Kier molecular flexibility index (Phi) is 10.5. The van der Waals surface area contributed by atoms with Crippen LogP contribution in [-0.2, 0) is 10.0 Å². The fourth-order valence-electron chi connectivity index (χ4n) is 4.58. The lowest BCUT2D eigenvalue weighted by Gasteiger charge is -2.34. The Morgan fingerprint density at radius 2 is 1.97 bits per heavy atom. The zero-order valence-corrected chi connectivity index (χ0v) is 23.2. The summed E-state index contributed by atoms with van der Waals surface area (Å²) in [5, 5.41) is 12.8. The number of carbonyl (C=O) groups is 1. The monoisotopic (exact) mass is 570 g/mol. The number of nitrogens with zero attached hydrogens (tertiary/aromatic N) is 4. The summed E-state index contributed by atoms with van der Waals surface area (Å²) in [7, 11) is -2.73. The maximum absolute atomic E-state index is 14.5. The maximum atomic E-state index is 14.5. The molecule has 1 aliphatic heterocycles. The quantitative estimate of drug-likeness (QED) is 0.240. The first-order valence-corrected chi connectivity index (χ1v) is 14.4. The molecule has 0 saturated carbocycles. The first-order valence-electron chi connectivity index (χ1n) is 12.7. The van der Waals surface area contributed by atoms with Crippen LogP contribution >= 0.6 is 0 Å². The van der Waals surface area contributed by atoms with Crippen molar-refractivity contribution in [2.75, 3.05) is 55.8 Å². The van der Waals surface area contributed by atoms with Crippen molar-refractivity contribution in [3.05, 3.63) is 41.1 Å². The number of halogens is 2. The molecule has 0 aliphatic carbocycles. The normalized spacial score (nSPS) is 14.7. The highest BCUT2D eigenvalue weighted by molar-refractivity contribution is 7.92. The Bertz CT molecular complexity index is 1260. The molecule has 0 radical (unpaired) electrons. The van der Waals surface area contributed by atoms with Crippen molar-refractivity contribution in [1.82, 2.24) is 20.2 Å².